The Hall–Kier alpha value is -4.90. The Balaban J connectivity index is 1.14. The van der Waals surface area contributed by atoms with Gasteiger partial charge in [0.25, 0.3) is 11.5 Å². The Morgan fingerprint density at radius 2 is 1.87 bits per heavy atom. The van der Waals surface area contributed by atoms with Gasteiger partial charge in [0, 0.05) is 60.7 Å². The molecule has 8 rings (SSSR count). The number of aromatic nitrogens is 5. The van der Waals surface area contributed by atoms with Gasteiger partial charge >= 0.3 is 0 Å². The highest BCUT2D eigenvalue weighted by Crippen LogP contribution is 2.35. The Morgan fingerprint density at radius 3 is 2.72 bits per heavy atom. The Kier molecular flexibility index (Phi) is 7.12. The van der Waals surface area contributed by atoms with E-state index in [1.54, 1.807) is 15.8 Å². The first-order valence-corrected chi connectivity index (χ1v) is 16.3. The molecule has 1 N–H and O–H groups in total. The van der Waals surface area contributed by atoms with Crippen molar-refractivity contribution in [3.63, 3.8) is 0 Å². The molecule has 0 saturated carbocycles. The minimum Gasteiger partial charge on any atom is -0.482 e. The summed E-state index contributed by atoms with van der Waals surface area (Å²) in [6, 6.07) is 15.3. The van der Waals surface area contributed by atoms with Crippen molar-refractivity contribution < 1.29 is 9.53 Å². The number of hydrogen-bond donors (Lipinski definition) is 1. The molecule has 0 unspecified atom stereocenters. The van der Waals surface area contributed by atoms with Crippen molar-refractivity contribution in [3.05, 3.63) is 77.4 Å². The van der Waals surface area contributed by atoms with Gasteiger partial charge in [-0.3, -0.25) is 9.59 Å². The minimum absolute atomic E-state index is 0.0235. The highest BCUT2D eigenvalue weighted by Gasteiger charge is 2.27. The molecule has 1 saturated heterocycles. The lowest BCUT2D eigenvalue weighted by Gasteiger charge is -2.35. The molecule has 11 nitrogen and oxygen atoms in total. The third kappa shape index (κ3) is 4.95. The third-order valence-electron chi connectivity index (χ3n) is 9.60. The van der Waals surface area contributed by atoms with Crippen LogP contribution in [0.15, 0.2) is 71.8 Å². The first kappa shape index (κ1) is 28.6. The first-order chi connectivity index (χ1) is 22.4. The number of anilines is 3. The zero-order chi connectivity index (χ0) is 31.4. The van der Waals surface area contributed by atoms with Crippen molar-refractivity contribution in [2.24, 2.45) is 0 Å². The molecule has 11 heteroatoms. The maximum Gasteiger partial charge on any atom is 0.278 e. The van der Waals surface area contributed by atoms with Gasteiger partial charge in [-0.25, -0.2) is 14.3 Å². The van der Waals surface area contributed by atoms with Crippen LogP contribution in [0.3, 0.4) is 0 Å². The van der Waals surface area contributed by atoms with Crippen molar-refractivity contribution in [2.45, 2.75) is 58.2 Å². The van der Waals surface area contributed by atoms with Crippen LogP contribution in [0.4, 0.5) is 17.3 Å². The fraction of sp³-hybridized carbons (Fsp3) is 0.371. The van der Waals surface area contributed by atoms with Gasteiger partial charge in [-0.2, -0.15) is 4.98 Å². The van der Waals surface area contributed by atoms with Crippen LogP contribution >= 0.6 is 0 Å². The lowest BCUT2D eigenvalue weighted by molar-refractivity contribution is -0.121. The SMILES string of the molecule is CC(C)N1CCC(n2ccc3cc(Nc4ncc5c(=O)n6n(c5n4)-c4ccc5c(c4)N(CCC/C=C\C6)C(=O)CO5)ccc32)CC1. The second-order valence-corrected chi connectivity index (χ2v) is 12.7. The van der Waals surface area contributed by atoms with E-state index in [0.717, 1.165) is 55.5 Å². The summed E-state index contributed by atoms with van der Waals surface area (Å²) in [7, 11) is 0. The molecule has 3 aliphatic heterocycles. The van der Waals surface area contributed by atoms with Crippen LogP contribution in [0.2, 0.25) is 0 Å². The number of allylic oxidation sites excluding steroid dienone is 2. The zero-order valence-electron chi connectivity index (χ0n) is 26.2. The van der Waals surface area contributed by atoms with E-state index >= 15 is 0 Å². The summed E-state index contributed by atoms with van der Waals surface area (Å²) in [6.45, 7) is 7.81. The van der Waals surface area contributed by atoms with Gasteiger partial charge in [-0.05, 0) is 82.0 Å². The van der Waals surface area contributed by atoms with Gasteiger partial charge in [0.1, 0.15) is 11.1 Å². The van der Waals surface area contributed by atoms with Crippen LogP contribution in [0.25, 0.3) is 27.6 Å². The Morgan fingerprint density at radius 1 is 1.00 bits per heavy atom. The highest BCUT2D eigenvalue weighted by atomic mass is 16.5. The summed E-state index contributed by atoms with van der Waals surface area (Å²) in [5, 5.41) is 4.96. The maximum absolute atomic E-state index is 13.6. The van der Waals surface area contributed by atoms with Crippen LogP contribution in [-0.4, -0.2) is 67.0 Å². The standard InChI is InChI=1S/C35H38N8O3/c1-23(2)39-16-12-26(13-17-39)40-18-11-24-19-25(7-9-29(24)40)37-35-36-21-28-33(38-35)43-27-8-10-31-30(20-27)41(32(44)22-46-31)14-5-3-4-6-15-42(43)34(28)45/h4,6-11,18-21,23,26H,3,5,12-17,22H2,1-2H3,(H,36,37,38)/b6-4-. The fourth-order valence-corrected chi connectivity index (χ4v) is 7.11. The average molecular weight is 619 g/mol. The lowest BCUT2D eigenvalue weighted by Crippen LogP contribution is -2.39. The smallest absolute Gasteiger partial charge is 0.278 e. The minimum atomic E-state index is -0.174. The molecule has 1 amide bonds. The molecule has 0 atom stereocenters. The number of nitrogens with one attached hydrogen (secondary N) is 1. The van der Waals surface area contributed by atoms with Gasteiger partial charge < -0.3 is 24.4 Å². The number of rotatable bonds is 4. The van der Waals surface area contributed by atoms with E-state index in [0.29, 0.717) is 53.6 Å². The number of nitrogens with zero attached hydrogens (tertiary/aromatic N) is 7. The average Bonchev–Trinajstić information content (AvgIpc) is 3.60. The monoisotopic (exact) mass is 618 g/mol. The largest absolute Gasteiger partial charge is 0.482 e. The fourth-order valence-electron chi connectivity index (χ4n) is 7.11. The van der Waals surface area contributed by atoms with Crippen molar-refractivity contribution in [1.82, 2.24) is 28.8 Å². The number of carbonyl (C=O) groups is 1. The van der Waals surface area contributed by atoms with Gasteiger partial charge in [0.2, 0.25) is 5.95 Å². The van der Waals surface area contributed by atoms with Crippen LogP contribution in [0.1, 0.15) is 45.6 Å². The summed E-state index contributed by atoms with van der Waals surface area (Å²) >= 11 is 0. The second-order valence-electron chi connectivity index (χ2n) is 12.7. The van der Waals surface area contributed by atoms with E-state index in [1.165, 1.54) is 5.52 Å². The molecule has 0 aliphatic carbocycles. The molecular weight excluding hydrogens is 580 g/mol. The number of hydrogen-bond acceptors (Lipinski definition) is 7. The normalized spacial score (nSPS) is 18.3. The summed E-state index contributed by atoms with van der Waals surface area (Å²) in [6.07, 6.45) is 11.8. The zero-order valence-corrected chi connectivity index (χ0v) is 26.2. The molecule has 0 spiro atoms. The highest BCUT2D eigenvalue weighted by molar-refractivity contribution is 5.98. The van der Waals surface area contributed by atoms with E-state index in [2.05, 4.69) is 70.2 Å². The Bertz CT molecular complexity index is 2050. The van der Waals surface area contributed by atoms with Crippen LogP contribution in [0.5, 0.6) is 5.75 Å². The number of likely N-dealkylation sites (tertiary alicyclic amines) is 1. The molecule has 1 fully saturated rings. The van der Waals surface area contributed by atoms with Crippen LogP contribution in [-0.2, 0) is 11.3 Å². The van der Waals surface area contributed by atoms with E-state index in [9.17, 15) is 9.59 Å². The summed E-state index contributed by atoms with van der Waals surface area (Å²) in [5.41, 5.74) is 3.83. The maximum atomic E-state index is 13.6. The molecular formula is C35H38N8O3. The number of fused-ring (bicyclic) bond motifs is 6. The number of amides is 1. The van der Waals surface area contributed by atoms with Crippen molar-refractivity contribution in [3.8, 4) is 11.4 Å². The Labute approximate surface area is 266 Å². The van der Waals surface area contributed by atoms with Crippen molar-refractivity contribution in [1.29, 1.82) is 0 Å². The molecule has 3 aromatic heterocycles. The molecule has 6 heterocycles. The van der Waals surface area contributed by atoms with Gasteiger partial charge in [0.05, 0.1) is 17.9 Å². The van der Waals surface area contributed by atoms with Crippen molar-refractivity contribution >= 4 is 45.2 Å². The van der Waals surface area contributed by atoms with E-state index in [-0.39, 0.29) is 18.1 Å². The molecule has 236 valence electrons. The van der Waals surface area contributed by atoms with Gasteiger partial charge in [-0.1, -0.05) is 12.2 Å². The number of piperidine rings is 1. The van der Waals surface area contributed by atoms with Gasteiger partial charge in [0.15, 0.2) is 12.3 Å². The topological polar surface area (TPSA) is 102 Å². The molecule has 2 bridgehead atoms. The third-order valence-corrected chi connectivity index (χ3v) is 9.60. The number of benzene rings is 2. The number of ether oxygens (including phenoxy) is 1. The summed E-state index contributed by atoms with van der Waals surface area (Å²) in [4.78, 5) is 40.2. The lowest BCUT2D eigenvalue weighted by atomic mass is 10.0. The van der Waals surface area contributed by atoms with Crippen LogP contribution < -0.4 is 20.5 Å². The molecule has 46 heavy (non-hydrogen) atoms. The first-order valence-electron chi connectivity index (χ1n) is 16.3. The van der Waals surface area contributed by atoms with Crippen LogP contribution in [0, 0.1) is 0 Å². The molecule has 0 radical (unpaired) electrons. The molecule has 3 aliphatic rings. The second kappa shape index (κ2) is 11.5. The van der Waals surface area contributed by atoms with Crippen molar-refractivity contribution in [2.75, 3.05) is 36.5 Å². The predicted octanol–water partition coefficient (Wildman–Crippen LogP) is 5.40. The van der Waals surface area contributed by atoms with E-state index in [4.69, 9.17) is 9.72 Å². The van der Waals surface area contributed by atoms with E-state index in [1.807, 2.05) is 29.0 Å². The summed E-state index contributed by atoms with van der Waals surface area (Å²) < 4.78 is 11.7. The summed E-state index contributed by atoms with van der Waals surface area (Å²) in [5.74, 6) is 0.981. The predicted molar refractivity (Wildman–Crippen MR) is 180 cm³/mol. The quantitative estimate of drug-likeness (QED) is 0.269. The molecule has 5 aromatic rings. The number of carbonyl (C=O) groups excluding carboxylic acids is 1. The van der Waals surface area contributed by atoms with Gasteiger partial charge in [-0.15, -0.1) is 0 Å². The van der Waals surface area contributed by atoms with E-state index < -0.39 is 0 Å². The molecule has 2 aromatic carbocycles.